The molecule has 0 aliphatic carbocycles. The molecular formula is C28H28Cl2N4O3. The van der Waals surface area contributed by atoms with Crippen molar-refractivity contribution in [1.82, 2.24) is 20.1 Å². The Bertz CT molecular complexity index is 1300. The number of carbonyl (C=O) groups excluding carboxylic acids is 1. The Hall–Kier alpha value is -3.39. The van der Waals surface area contributed by atoms with E-state index >= 15 is 0 Å². The number of nitrogens with one attached hydrogen (secondary N) is 1. The zero-order valence-corrected chi connectivity index (χ0v) is 22.0. The second-order valence-corrected chi connectivity index (χ2v) is 9.30. The highest BCUT2D eigenvalue weighted by Gasteiger charge is 2.16. The van der Waals surface area contributed by atoms with Crippen LogP contribution >= 0.6 is 23.2 Å². The van der Waals surface area contributed by atoms with Gasteiger partial charge in [-0.25, -0.2) is 4.68 Å². The third-order valence-corrected chi connectivity index (χ3v) is 6.38. The number of halogens is 2. The quantitative estimate of drug-likeness (QED) is 0.231. The Morgan fingerprint density at radius 1 is 1.05 bits per heavy atom. The predicted molar refractivity (Wildman–Crippen MR) is 145 cm³/mol. The van der Waals surface area contributed by atoms with Gasteiger partial charge in [-0.05, 0) is 48.7 Å². The molecule has 0 aliphatic heterocycles. The fourth-order valence-electron chi connectivity index (χ4n) is 3.88. The van der Waals surface area contributed by atoms with Crippen LogP contribution in [0, 0.1) is 0 Å². The fraction of sp³-hybridized carbons (Fsp3) is 0.250. The fourth-order valence-corrected chi connectivity index (χ4v) is 4.18. The lowest BCUT2D eigenvalue weighted by atomic mass is 10.1. The number of ether oxygens (including phenoxy) is 2. The van der Waals surface area contributed by atoms with Gasteiger partial charge in [0.05, 0.1) is 40.7 Å². The maximum atomic E-state index is 12.6. The molecule has 1 atom stereocenters. The molecule has 0 bridgehead atoms. The molecule has 37 heavy (non-hydrogen) atoms. The van der Waals surface area contributed by atoms with Gasteiger partial charge in [-0.3, -0.25) is 9.78 Å². The van der Waals surface area contributed by atoms with Crippen molar-refractivity contribution in [3.8, 4) is 22.8 Å². The Kier molecular flexibility index (Phi) is 9.54. The first kappa shape index (κ1) is 26.7. The van der Waals surface area contributed by atoms with Crippen molar-refractivity contribution >= 4 is 29.1 Å². The van der Waals surface area contributed by atoms with Gasteiger partial charge in [0.15, 0.2) is 0 Å². The molecule has 0 fully saturated rings. The Balaban J connectivity index is 1.38. The van der Waals surface area contributed by atoms with Gasteiger partial charge in [0.25, 0.3) is 0 Å². The van der Waals surface area contributed by atoms with Crippen molar-refractivity contribution < 1.29 is 14.3 Å². The summed E-state index contributed by atoms with van der Waals surface area (Å²) in [5, 5.41) is 8.63. The topological polar surface area (TPSA) is 78.3 Å². The lowest BCUT2D eigenvalue weighted by Crippen LogP contribution is -2.39. The molecular weight excluding hydrogens is 511 g/mol. The largest absolute Gasteiger partial charge is 0.478 e. The van der Waals surface area contributed by atoms with E-state index in [1.807, 2.05) is 54.6 Å². The van der Waals surface area contributed by atoms with Crippen LogP contribution in [-0.2, 0) is 16.0 Å². The van der Waals surface area contributed by atoms with E-state index in [-0.39, 0.29) is 11.9 Å². The van der Waals surface area contributed by atoms with Crippen LogP contribution in [0.1, 0.15) is 18.4 Å². The van der Waals surface area contributed by atoms with Crippen molar-refractivity contribution in [2.75, 3.05) is 20.3 Å². The highest BCUT2D eigenvalue weighted by molar-refractivity contribution is 6.42. The average Bonchev–Trinajstić information content (AvgIpc) is 3.34. The molecule has 2 aromatic carbocycles. The molecule has 4 rings (SSSR count). The van der Waals surface area contributed by atoms with Crippen molar-refractivity contribution in [3.63, 3.8) is 0 Å². The van der Waals surface area contributed by atoms with Gasteiger partial charge in [0.2, 0.25) is 11.8 Å². The zero-order valence-electron chi connectivity index (χ0n) is 20.4. The summed E-state index contributed by atoms with van der Waals surface area (Å²) in [7, 11) is 1.63. The normalized spacial score (nSPS) is 11.8. The summed E-state index contributed by atoms with van der Waals surface area (Å²) >= 11 is 12.3. The summed E-state index contributed by atoms with van der Waals surface area (Å²) in [6, 6.07) is 20.8. The minimum atomic E-state index is -0.0982. The van der Waals surface area contributed by atoms with E-state index in [1.54, 1.807) is 36.3 Å². The zero-order chi connectivity index (χ0) is 26.0. The van der Waals surface area contributed by atoms with Gasteiger partial charge < -0.3 is 14.8 Å². The molecule has 0 saturated heterocycles. The van der Waals surface area contributed by atoms with Crippen LogP contribution < -0.4 is 10.1 Å². The number of pyridine rings is 1. The SMILES string of the molecule is COC[C@H](Cc1ccccc1)NC(=O)CCCOc1cc(-c2cccnc2)nn1-c1ccc(Cl)c(Cl)c1. The van der Waals surface area contributed by atoms with E-state index in [0.717, 1.165) is 11.1 Å². The van der Waals surface area contributed by atoms with Crippen molar-refractivity contribution in [2.24, 2.45) is 0 Å². The Morgan fingerprint density at radius 3 is 2.62 bits per heavy atom. The number of aromatic nitrogens is 3. The van der Waals surface area contributed by atoms with Crippen LogP contribution in [0.2, 0.25) is 10.0 Å². The lowest BCUT2D eigenvalue weighted by Gasteiger charge is -2.18. The van der Waals surface area contributed by atoms with Crippen molar-refractivity contribution in [3.05, 3.63) is 94.7 Å². The number of amides is 1. The number of nitrogens with zero attached hydrogens (tertiary/aromatic N) is 3. The third-order valence-electron chi connectivity index (χ3n) is 5.64. The number of methoxy groups -OCH3 is 1. The van der Waals surface area contributed by atoms with E-state index in [2.05, 4.69) is 10.3 Å². The average molecular weight is 539 g/mol. The predicted octanol–water partition coefficient (Wildman–Crippen LogP) is 5.77. The maximum absolute atomic E-state index is 12.6. The highest BCUT2D eigenvalue weighted by atomic mass is 35.5. The minimum Gasteiger partial charge on any atom is -0.478 e. The molecule has 2 heterocycles. The molecule has 0 saturated carbocycles. The molecule has 0 aliphatic rings. The van der Waals surface area contributed by atoms with Crippen LogP contribution in [0.4, 0.5) is 0 Å². The number of rotatable bonds is 12. The summed E-state index contributed by atoms with van der Waals surface area (Å²) in [6.07, 6.45) is 5.01. The van der Waals surface area contributed by atoms with Crippen molar-refractivity contribution in [1.29, 1.82) is 0 Å². The molecule has 1 amide bonds. The van der Waals surface area contributed by atoms with E-state index < -0.39 is 0 Å². The number of benzene rings is 2. The molecule has 4 aromatic rings. The molecule has 1 N–H and O–H groups in total. The van der Waals surface area contributed by atoms with Crippen molar-refractivity contribution in [2.45, 2.75) is 25.3 Å². The van der Waals surface area contributed by atoms with Gasteiger partial charge in [-0.2, -0.15) is 5.10 Å². The summed E-state index contributed by atoms with van der Waals surface area (Å²) < 4.78 is 13.0. The van der Waals surface area contributed by atoms with E-state index in [4.69, 9.17) is 37.8 Å². The van der Waals surface area contributed by atoms with Gasteiger partial charge in [-0.15, -0.1) is 0 Å². The molecule has 0 radical (unpaired) electrons. The molecule has 7 nitrogen and oxygen atoms in total. The van der Waals surface area contributed by atoms with E-state index in [0.29, 0.717) is 59.8 Å². The highest BCUT2D eigenvalue weighted by Crippen LogP contribution is 2.29. The van der Waals surface area contributed by atoms with Crippen LogP contribution in [0.15, 0.2) is 79.1 Å². The van der Waals surface area contributed by atoms with Crippen LogP contribution in [0.25, 0.3) is 16.9 Å². The third kappa shape index (κ3) is 7.55. The smallest absolute Gasteiger partial charge is 0.220 e. The molecule has 2 aromatic heterocycles. The van der Waals surface area contributed by atoms with Gasteiger partial charge in [0, 0.05) is 37.6 Å². The lowest BCUT2D eigenvalue weighted by molar-refractivity contribution is -0.122. The minimum absolute atomic E-state index is 0.0457. The second kappa shape index (κ2) is 13.2. The molecule has 0 unspecified atom stereocenters. The second-order valence-electron chi connectivity index (χ2n) is 8.48. The van der Waals surface area contributed by atoms with E-state index in [9.17, 15) is 4.79 Å². The first-order valence-electron chi connectivity index (χ1n) is 11.9. The van der Waals surface area contributed by atoms with Gasteiger partial charge in [-0.1, -0.05) is 53.5 Å². The number of hydrogen-bond acceptors (Lipinski definition) is 5. The summed E-state index contributed by atoms with van der Waals surface area (Å²) in [5.41, 5.74) is 3.41. The summed E-state index contributed by atoms with van der Waals surface area (Å²) in [5.74, 6) is 0.481. The molecule has 9 heteroatoms. The monoisotopic (exact) mass is 538 g/mol. The van der Waals surface area contributed by atoms with Crippen LogP contribution in [0.3, 0.4) is 0 Å². The summed E-state index contributed by atoms with van der Waals surface area (Å²) in [4.78, 5) is 16.8. The first-order valence-corrected chi connectivity index (χ1v) is 12.7. The standard InChI is InChI=1S/C28H28Cl2N4O3/c1-36-19-22(15-20-7-3-2-4-8-20)32-27(35)10-6-14-37-28-17-26(21-9-5-13-31-18-21)33-34(28)23-11-12-24(29)25(30)16-23/h2-5,7-9,11-13,16-18,22H,6,10,14-15,19H2,1H3,(H,32,35)/t22-/m0/s1. The Labute approximate surface area is 226 Å². The van der Waals surface area contributed by atoms with Crippen LogP contribution in [0.5, 0.6) is 5.88 Å². The van der Waals surface area contributed by atoms with Gasteiger partial charge in [0.1, 0.15) is 0 Å². The van der Waals surface area contributed by atoms with Gasteiger partial charge >= 0.3 is 0 Å². The number of hydrogen-bond donors (Lipinski definition) is 1. The number of carbonyl (C=O) groups is 1. The maximum Gasteiger partial charge on any atom is 0.220 e. The molecule has 0 spiro atoms. The molecule has 192 valence electrons. The Morgan fingerprint density at radius 2 is 1.89 bits per heavy atom. The van der Waals surface area contributed by atoms with E-state index in [1.165, 1.54) is 0 Å². The summed E-state index contributed by atoms with van der Waals surface area (Å²) in [6.45, 7) is 0.775. The van der Waals surface area contributed by atoms with Crippen LogP contribution in [-0.4, -0.2) is 47.0 Å². The first-order chi connectivity index (χ1) is 18.0.